The molecule has 1 aromatic carbocycles. The summed E-state index contributed by atoms with van der Waals surface area (Å²) in [4.78, 5) is 6.86. The maximum atomic E-state index is 12.0. The van der Waals surface area contributed by atoms with Crippen LogP contribution < -0.4 is 5.32 Å². The van der Waals surface area contributed by atoms with Crippen LogP contribution in [0.5, 0.6) is 0 Å². The minimum absolute atomic E-state index is 0.00268. The molecule has 22 heavy (non-hydrogen) atoms. The van der Waals surface area contributed by atoms with Gasteiger partial charge < -0.3 is 15.0 Å². The highest BCUT2D eigenvalue weighted by atomic mass is 32.2. The van der Waals surface area contributed by atoms with Gasteiger partial charge in [-0.05, 0) is 24.1 Å². The van der Waals surface area contributed by atoms with E-state index in [1.807, 2.05) is 19.2 Å². The fourth-order valence-electron chi connectivity index (χ4n) is 2.22. The smallest absolute Gasteiger partial charge is 0.193 e. The van der Waals surface area contributed by atoms with Gasteiger partial charge in [-0.1, -0.05) is 12.1 Å². The molecule has 1 heterocycles. The van der Waals surface area contributed by atoms with Gasteiger partial charge in [-0.3, -0.25) is 4.99 Å². The highest BCUT2D eigenvalue weighted by Gasteiger charge is 2.14. The topological polar surface area (TPSA) is 71.0 Å². The summed E-state index contributed by atoms with van der Waals surface area (Å²) in [7, 11) is 0.245. The number of nitrogens with one attached hydrogen (secondary N) is 1. The van der Waals surface area contributed by atoms with Gasteiger partial charge in [0.05, 0.1) is 17.3 Å². The summed E-state index contributed by atoms with van der Waals surface area (Å²) in [6.07, 6.45) is 1.08. The molecule has 1 aliphatic rings. The molecule has 0 fully saturated rings. The Kier molecular flexibility index (Phi) is 5.79. The second-order valence-corrected chi connectivity index (χ2v) is 7.40. The van der Waals surface area contributed by atoms with Gasteiger partial charge in [0.2, 0.25) is 0 Å². The summed E-state index contributed by atoms with van der Waals surface area (Å²) in [5.41, 5.74) is 1.02. The first-order chi connectivity index (χ1) is 10.5. The van der Waals surface area contributed by atoms with Gasteiger partial charge in [0.1, 0.15) is 0 Å². The second kappa shape index (κ2) is 7.60. The summed E-state index contributed by atoms with van der Waals surface area (Å²) in [5.74, 6) is 0.894. The van der Waals surface area contributed by atoms with Crippen LogP contribution in [0.2, 0.25) is 0 Å². The molecule has 0 saturated heterocycles. The maximum Gasteiger partial charge on any atom is 0.193 e. The van der Waals surface area contributed by atoms with Crippen LogP contribution in [-0.2, 0) is 21.1 Å². The van der Waals surface area contributed by atoms with Crippen LogP contribution in [0, 0.1) is 0 Å². The van der Waals surface area contributed by atoms with E-state index in [0.717, 1.165) is 31.0 Å². The third-order valence-corrected chi connectivity index (χ3v) is 5.26. The van der Waals surface area contributed by atoms with E-state index >= 15 is 0 Å². The standard InChI is InChI=1S/C15H23N3O3S/c1-18-9-3-8-16-15(18)17-12-13-4-6-14(7-5-13)22(19,20)11-10-21-2/h4-7H,3,8-12H2,1-2H3,(H,16,17). The van der Waals surface area contributed by atoms with Crippen molar-refractivity contribution in [2.45, 2.75) is 17.9 Å². The van der Waals surface area contributed by atoms with Crippen molar-refractivity contribution in [2.75, 3.05) is 39.6 Å². The number of methoxy groups -OCH3 is 1. The first-order valence-corrected chi connectivity index (χ1v) is 8.98. The first kappa shape index (κ1) is 16.8. The average Bonchev–Trinajstić information content (AvgIpc) is 2.53. The highest BCUT2D eigenvalue weighted by molar-refractivity contribution is 7.91. The number of hydrogen-bond acceptors (Lipinski definition) is 6. The molecular formula is C15H23N3O3S. The fourth-order valence-corrected chi connectivity index (χ4v) is 3.39. The van der Waals surface area contributed by atoms with Gasteiger partial charge in [-0.2, -0.15) is 0 Å². The van der Waals surface area contributed by atoms with Crippen LogP contribution in [0.25, 0.3) is 0 Å². The zero-order valence-electron chi connectivity index (χ0n) is 13.1. The lowest BCUT2D eigenvalue weighted by atomic mass is 10.2. The van der Waals surface area contributed by atoms with Gasteiger partial charge in [0, 0.05) is 33.8 Å². The molecule has 0 saturated carbocycles. The van der Waals surface area contributed by atoms with E-state index < -0.39 is 9.84 Å². The number of hydrogen-bond donors (Lipinski definition) is 1. The Morgan fingerprint density at radius 3 is 2.68 bits per heavy atom. The van der Waals surface area contributed by atoms with E-state index in [4.69, 9.17) is 4.74 Å². The Hall–Kier alpha value is -1.60. The van der Waals surface area contributed by atoms with E-state index in [-0.39, 0.29) is 12.4 Å². The summed E-state index contributed by atoms with van der Waals surface area (Å²) < 4.78 is 28.9. The van der Waals surface area contributed by atoms with E-state index in [1.54, 1.807) is 12.1 Å². The van der Waals surface area contributed by atoms with E-state index in [1.165, 1.54) is 7.11 Å². The van der Waals surface area contributed by atoms with E-state index in [9.17, 15) is 8.42 Å². The number of rotatable bonds is 6. The molecule has 6 nitrogen and oxygen atoms in total. The Morgan fingerprint density at radius 2 is 2.05 bits per heavy atom. The van der Waals surface area contributed by atoms with Gasteiger partial charge in [0.25, 0.3) is 0 Å². The summed E-state index contributed by atoms with van der Waals surface area (Å²) in [6, 6.07) is 6.95. The minimum Gasteiger partial charge on any atom is -0.384 e. The van der Waals surface area contributed by atoms with Crippen LogP contribution in [0.15, 0.2) is 34.2 Å². The van der Waals surface area contributed by atoms with Gasteiger partial charge in [-0.15, -0.1) is 0 Å². The Labute approximate surface area is 132 Å². The molecular weight excluding hydrogens is 302 g/mol. The van der Waals surface area contributed by atoms with Crippen molar-refractivity contribution in [1.29, 1.82) is 0 Å². The molecule has 1 N–H and O–H groups in total. The lowest BCUT2D eigenvalue weighted by molar-refractivity contribution is 0.217. The monoisotopic (exact) mass is 325 g/mol. The Bertz CT molecular complexity index is 611. The lowest BCUT2D eigenvalue weighted by Gasteiger charge is -2.25. The van der Waals surface area contributed by atoms with Crippen LogP contribution >= 0.6 is 0 Å². The van der Waals surface area contributed by atoms with E-state index in [2.05, 4.69) is 15.2 Å². The quantitative estimate of drug-likeness (QED) is 0.841. The molecule has 0 atom stereocenters. The summed E-state index contributed by atoms with van der Waals surface area (Å²) >= 11 is 0. The zero-order valence-corrected chi connectivity index (χ0v) is 13.9. The molecule has 0 amide bonds. The van der Waals surface area contributed by atoms with Crippen molar-refractivity contribution < 1.29 is 13.2 Å². The number of sulfone groups is 1. The normalized spacial score (nSPS) is 15.5. The zero-order chi connectivity index (χ0) is 16.0. The summed E-state index contributed by atoms with van der Waals surface area (Å²) in [5, 5.41) is 3.29. The van der Waals surface area contributed by atoms with Crippen LogP contribution in [0.3, 0.4) is 0 Å². The van der Waals surface area contributed by atoms with Crippen LogP contribution in [0.1, 0.15) is 12.0 Å². The molecule has 0 unspecified atom stereocenters. The molecule has 0 spiro atoms. The molecule has 0 radical (unpaired) electrons. The summed E-state index contributed by atoms with van der Waals surface area (Å²) in [6.45, 7) is 2.69. The van der Waals surface area contributed by atoms with Gasteiger partial charge >= 0.3 is 0 Å². The van der Waals surface area contributed by atoms with E-state index in [0.29, 0.717) is 11.4 Å². The van der Waals surface area contributed by atoms with Crippen molar-refractivity contribution in [3.8, 4) is 0 Å². The largest absolute Gasteiger partial charge is 0.384 e. The average molecular weight is 325 g/mol. The number of benzene rings is 1. The highest BCUT2D eigenvalue weighted by Crippen LogP contribution is 2.12. The second-order valence-electron chi connectivity index (χ2n) is 5.29. The molecule has 122 valence electrons. The third-order valence-electron chi connectivity index (χ3n) is 3.56. The number of guanidine groups is 1. The predicted molar refractivity (Wildman–Crippen MR) is 86.8 cm³/mol. The maximum absolute atomic E-state index is 12.0. The predicted octanol–water partition coefficient (Wildman–Crippen LogP) is 0.888. The molecule has 7 heteroatoms. The Balaban J connectivity index is 1.96. The van der Waals surface area contributed by atoms with Crippen LogP contribution in [0.4, 0.5) is 0 Å². The van der Waals surface area contributed by atoms with Crippen molar-refractivity contribution in [1.82, 2.24) is 10.2 Å². The first-order valence-electron chi connectivity index (χ1n) is 7.33. The van der Waals surface area contributed by atoms with Gasteiger partial charge in [-0.25, -0.2) is 8.42 Å². The van der Waals surface area contributed by atoms with Crippen molar-refractivity contribution >= 4 is 15.8 Å². The molecule has 2 rings (SSSR count). The molecule has 0 aromatic heterocycles. The lowest BCUT2D eigenvalue weighted by Crippen LogP contribution is -2.41. The van der Waals surface area contributed by atoms with Gasteiger partial charge in [0.15, 0.2) is 15.8 Å². The van der Waals surface area contributed by atoms with Crippen LogP contribution in [-0.4, -0.2) is 58.9 Å². The third kappa shape index (κ3) is 4.45. The number of ether oxygens (including phenoxy) is 1. The molecule has 0 bridgehead atoms. The molecule has 1 aliphatic heterocycles. The number of aliphatic imine (C=N–C) groups is 1. The van der Waals surface area contributed by atoms with Crippen molar-refractivity contribution in [3.63, 3.8) is 0 Å². The van der Waals surface area contributed by atoms with Crippen molar-refractivity contribution in [3.05, 3.63) is 29.8 Å². The molecule has 0 aliphatic carbocycles. The SMILES string of the molecule is COCCS(=O)(=O)c1ccc(CNC2=NCCCN2C)cc1. The van der Waals surface area contributed by atoms with Crippen molar-refractivity contribution in [2.24, 2.45) is 4.99 Å². The minimum atomic E-state index is -3.26. The molecule has 1 aromatic rings. The number of nitrogens with zero attached hydrogens (tertiary/aromatic N) is 2. The fraction of sp³-hybridized carbons (Fsp3) is 0.533. The Morgan fingerprint density at radius 1 is 1.32 bits per heavy atom.